The molecular weight excluding hydrogens is 530 g/mol. The van der Waals surface area contributed by atoms with Gasteiger partial charge in [-0.25, -0.2) is 17.6 Å². The van der Waals surface area contributed by atoms with Crippen LogP contribution in [0.5, 0.6) is 5.75 Å². The molecular formula is C25H25F4N3O5S. The maximum Gasteiger partial charge on any atom is 0.417 e. The molecule has 0 unspecified atom stereocenters. The maximum atomic E-state index is 14.6. The van der Waals surface area contributed by atoms with Crippen LogP contribution in [0.25, 0.3) is 0 Å². The number of hydrogen-bond donors (Lipinski definition) is 2. The number of nitrogens with one attached hydrogen (secondary N) is 2. The summed E-state index contributed by atoms with van der Waals surface area (Å²) in [5.74, 6) is 3.48. The van der Waals surface area contributed by atoms with E-state index in [1.54, 1.807) is 10.8 Å². The van der Waals surface area contributed by atoms with Crippen LogP contribution >= 0.6 is 0 Å². The summed E-state index contributed by atoms with van der Waals surface area (Å²) in [7, 11) is -2.69. The SMILES string of the molecule is COc1c(C#Cc2cc(F)c(NS(C)(=O)=O)cc2C(F)(F)F)cc(N2CCC(=O)NC2=O)cc1C(C)(C)C. The fourth-order valence-electron chi connectivity index (χ4n) is 3.77. The van der Waals surface area contributed by atoms with Crippen LogP contribution in [-0.4, -0.2) is 40.3 Å². The molecule has 0 aromatic heterocycles. The summed E-state index contributed by atoms with van der Waals surface area (Å²) in [6, 6.07) is 3.27. The second-order valence-electron chi connectivity index (χ2n) is 9.58. The number of sulfonamides is 1. The smallest absolute Gasteiger partial charge is 0.417 e. The Balaban J connectivity index is 2.23. The van der Waals surface area contributed by atoms with Crippen LogP contribution in [0.4, 0.5) is 33.7 Å². The molecule has 0 bridgehead atoms. The quantitative estimate of drug-likeness (QED) is 0.431. The molecule has 0 spiro atoms. The molecule has 1 saturated heterocycles. The minimum absolute atomic E-state index is 0.0473. The first kappa shape index (κ1) is 28.8. The number of hydrogen-bond acceptors (Lipinski definition) is 5. The van der Waals surface area contributed by atoms with E-state index in [1.807, 2.05) is 20.8 Å². The molecule has 13 heteroatoms. The van der Waals surface area contributed by atoms with Crippen molar-refractivity contribution >= 4 is 33.3 Å². The zero-order valence-corrected chi connectivity index (χ0v) is 21.9. The van der Waals surface area contributed by atoms with Crippen LogP contribution in [0, 0.1) is 17.7 Å². The first-order valence-corrected chi connectivity index (χ1v) is 13.0. The third kappa shape index (κ3) is 6.55. The predicted octanol–water partition coefficient (Wildman–Crippen LogP) is 4.37. The van der Waals surface area contributed by atoms with Gasteiger partial charge in [-0.3, -0.25) is 19.7 Å². The van der Waals surface area contributed by atoms with Gasteiger partial charge in [0.25, 0.3) is 0 Å². The van der Waals surface area contributed by atoms with Crippen molar-refractivity contribution in [3.63, 3.8) is 0 Å². The Hall–Kier alpha value is -3.79. The summed E-state index contributed by atoms with van der Waals surface area (Å²) in [5, 5.41) is 2.21. The second kappa shape index (κ2) is 10.2. The summed E-state index contributed by atoms with van der Waals surface area (Å²) in [5.41, 5.74) is -2.47. The molecule has 1 aliphatic rings. The van der Waals surface area contributed by atoms with Gasteiger partial charge >= 0.3 is 12.2 Å². The first-order chi connectivity index (χ1) is 17.4. The zero-order chi connectivity index (χ0) is 28.6. The van der Waals surface area contributed by atoms with Crippen LogP contribution in [0.15, 0.2) is 24.3 Å². The highest BCUT2D eigenvalue weighted by Crippen LogP contribution is 2.39. The summed E-state index contributed by atoms with van der Waals surface area (Å²) < 4.78 is 86.1. The highest BCUT2D eigenvalue weighted by molar-refractivity contribution is 7.92. The molecule has 204 valence electrons. The van der Waals surface area contributed by atoms with Crippen molar-refractivity contribution in [2.24, 2.45) is 0 Å². The van der Waals surface area contributed by atoms with E-state index in [0.717, 1.165) is 0 Å². The van der Waals surface area contributed by atoms with Crippen LogP contribution in [-0.2, 0) is 26.4 Å². The number of carbonyl (C=O) groups is 2. The van der Waals surface area contributed by atoms with Crippen molar-refractivity contribution < 1.29 is 40.3 Å². The van der Waals surface area contributed by atoms with Gasteiger partial charge in [-0.1, -0.05) is 32.6 Å². The topological polar surface area (TPSA) is 105 Å². The van der Waals surface area contributed by atoms with Gasteiger partial charge in [0, 0.05) is 29.8 Å². The highest BCUT2D eigenvalue weighted by atomic mass is 32.2. The fourth-order valence-corrected chi connectivity index (χ4v) is 4.33. The Morgan fingerprint density at radius 3 is 2.18 bits per heavy atom. The van der Waals surface area contributed by atoms with E-state index in [2.05, 4.69) is 17.2 Å². The maximum absolute atomic E-state index is 14.6. The summed E-state index contributed by atoms with van der Waals surface area (Å²) in [6.45, 7) is 5.65. The van der Waals surface area contributed by atoms with Crippen LogP contribution in [0.3, 0.4) is 0 Å². The zero-order valence-electron chi connectivity index (χ0n) is 21.1. The number of ether oxygens (including phenoxy) is 1. The van der Waals surface area contributed by atoms with Crippen molar-refractivity contribution in [1.29, 1.82) is 0 Å². The number of nitrogens with zero attached hydrogens (tertiary/aromatic N) is 1. The van der Waals surface area contributed by atoms with Crippen molar-refractivity contribution in [3.8, 4) is 17.6 Å². The van der Waals surface area contributed by atoms with Gasteiger partial charge in [-0.05, 0) is 29.7 Å². The molecule has 0 saturated carbocycles. The number of urea groups is 1. The van der Waals surface area contributed by atoms with Gasteiger partial charge in [0.2, 0.25) is 15.9 Å². The third-order valence-corrected chi connectivity index (χ3v) is 6.08. The molecule has 2 aromatic carbocycles. The number of benzene rings is 2. The number of rotatable bonds is 4. The molecule has 3 amide bonds. The number of methoxy groups -OCH3 is 1. The molecule has 0 aliphatic carbocycles. The lowest BCUT2D eigenvalue weighted by atomic mass is 9.84. The molecule has 1 aliphatic heterocycles. The van der Waals surface area contributed by atoms with E-state index >= 15 is 0 Å². The predicted molar refractivity (Wildman–Crippen MR) is 133 cm³/mol. The van der Waals surface area contributed by atoms with Crippen molar-refractivity contribution in [2.45, 2.75) is 38.8 Å². The Kier molecular flexibility index (Phi) is 7.70. The van der Waals surface area contributed by atoms with Gasteiger partial charge in [-0.15, -0.1) is 0 Å². The van der Waals surface area contributed by atoms with Crippen molar-refractivity contribution in [1.82, 2.24) is 5.32 Å². The Morgan fingerprint density at radius 1 is 1.03 bits per heavy atom. The standard InChI is InChI=1S/C25H25F4N3O5S/c1-24(2,3)18-12-16(32-9-8-21(33)30-23(32)34)10-15(22(18)37-4)7-6-14-11-19(26)20(31-38(5,35)36)13-17(14)25(27,28)29/h10-13,31H,8-9H2,1-5H3,(H,30,33,34). The first-order valence-electron chi connectivity index (χ1n) is 11.1. The molecule has 1 fully saturated rings. The largest absolute Gasteiger partial charge is 0.495 e. The van der Waals surface area contributed by atoms with E-state index in [4.69, 9.17) is 4.74 Å². The number of anilines is 2. The fraction of sp³-hybridized carbons (Fsp3) is 0.360. The van der Waals surface area contributed by atoms with Crippen LogP contribution in [0.2, 0.25) is 0 Å². The average molecular weight is 556 g/mol. The van der Waals surface area contributed by atoms with Crippen LogP contribution in [0.1, 0.15) is 49.4 Å². The molecule has 2 aromatic rings. The average Bonchev–Trinajstić information content (AvgIpc) is 2.76. The normalized spacial score (nSPS) is 14.5. The minimum atomic E-state index is -4.98. The van der Waals surface area contributed by atoms with Gasteiger partial charge in [0.05, 0.1) is 30.2 Å². The van der Waals surface area contributed by atoms with Gasteiger partial charge in [0.15, 0.2) is 0 Å². The summed E-state index contributed by atoms with van der Waals surface area (Å²) in [6.07, 6.45) is -4.25. The number of carbonyl (C=O) groups excluding carboxylic acids is 2. The Labute approximate surface area is 217 Å². The lowest BCUT2D eigenvalue weighted by molar-refractivity contribution is -0.137. The van der Waals surface area contributed by atoms with E-state index in [9.17, 15) is 35.6 Å². The van der Waals surface area contributed by atoms with Gasteiger partial charge in [0.1, 0.15) is 11.6 Å². The second-order valence-corrected chi connectivity index (χ2v) is 11.3. The Bertz CT molecular complexity index is 1470. The summed E-state index contributed by atoms with van der Waals surface area (Å²) in [4.78, 5) is 25.3. The lowest BCUT2D eigenvalue weighted by Gasteiger charge is -2.30. The molecule has 8 nitrogen and oxygen atoms in total. The molecule has 0 atom stereocenters. The number of halogens is 4. The molecule has 1 heterocycles. The van der Waals surface area contributed by atoms with E-state index < -0.39 is 56.2 Å². The number of amides is 3. The van der Waals surface area contributed by atoms with Crippen molar-refractivity contribution in [3.05, 3.63) is 52.3 Å². The van der Waals surface area contributed by atoms with E-state index in [0.29, 0.717) is 29.6 Å². The third-order valence-electron chi connectivity index (χ3n) is 5.49. The minimum Gasteiger partial charge on any atom is -0.495 e. The van der Waals surface area contributed by atoms with Gasteiger partial charge < -0.3 is 4.74 Å². The van der Waals surface area contributed by atoms with E-state index in [-0.39, 0.29) is 24.3 Å². The number of alkyl halides is 3. The molecule has 3 rings (SSSR count). The van der Waals surface area contributed by atoms with E-state index in [1.165, 1.54) is 18.1 Å². The van der Waals surface area contributed by atoms with Crippen molar-refractivity contribution in [2.75, 3.05) is 29.5 Å². The Morgan fingerprint density at radius 2 is 1.66 bits per heavy atom. The molecule has 0 radical (unpaired) electrons. The summed E-state index contributed by atoms with van der Waals surface area (Å²) >= 11 is 0. The van der Waals surface area contributed by atoms with Gasteiger partial charge in [-0.2, -0.15) is 13.2 Å². The van der Waals surface area contributed by atoms with Crippen LogP contribution < -0.4 is 19.7 Å². The lowest BCUT2D eigenvalue weighted by Crippen LogP contribution is -2.49. The highest BCUT2D eigenvalue weighted by Gasteiger charge is 2.35. The molecule has 38 heavy (non-hydrogen) atoms. The monoisotopic (exact) mass is 555 g/mol. The number of imide groups is 1. The molecule has 2 N–H and O–H groups in total.